The van der Waals surface area contributed by atoms with E-state index in [1.54, 1.807) is 12.1 Å². The molecule has 1 heterocycles. The zero-order chi connectivity index (χ0) is 20.5. The summed E-state index contributed by atoms with van der Waals surface area (Å²) in [7, 11) is 0. The molecule has 0 aliphatic heterocycles. The Morgan fingerprint density at radius 2 is 1.82 bits per heavy atom. The Bertz CT molecular complexity index is 863. The summed E-state index contributed by atoms with van der Waals surface area (Å²) in [5, 5.41) is 13.0. The van der Waals surface area contributed by atoms with Crippen LogP contribution in [-0.4, -0.2) is 21.6 Å². The molecule has 1 aliphatic rings. The first-order valence-corrected chi connectivity index (χ1v) is 9.31. The average Bonchev–Trinajstić information content (AvgIpc) is 3.07. The molecule has 1 aliphatic carbocycles. The van der Waals surface area contributed by atoms with Crippen LogP contribution in [0.15, 0.2) is 36.5 Å². The molecule has 0 saturated heterocycles. The van der Waals surface area contributed by atoms with Crippen molar-refractivity contribution >= 4 is 17.5 Å². The van der Waals surface area contributed by atoms with E-state index in [1.165, 1.54) is 0 Å². The number of aromatic nitrogens is 1. The van der Waals surface area contributed by atoms with Gasteiger partial charge >= 0.3 is 6.18 Å². The van der Waals surface area contributed by atoms with Gasteiger partial charge in [-0.05, 0) is 31.4 Å². The molecule has 3 rings (SSSR count). The average molecular weight is 413 g/mol. The van der Waals surface area contributed by atoms with Crippen LogP contribution >= 0.6 is 11.6 Å². The molecule has 1 unspecified atom stereocenters. The predicted octanol–water partition coefficient (Wildman–Crippen LogP) is 4.84. The second-order valence-corrected chi connectivity index (χ2v) is 7.52. The van der Waals surface area contributed by atoms with E-state index in [4.69, 9.17) is 11.6 Å². The Morgan fingerprint density at radius 3 is 2.39 bits per heavy atom. The molecular formula is C20H20ClF3N2O2. The van der Waals surface area contributed by atoms with Gasteiger partial charge < -0.3 is 10.4 Å². The highest BCUT2D eigenvalue weighted by Crippen LogP contribution is 2.40. The van der Waals surface area contributed by atoms with Gasteiger partial charge in [0.25, 0.3) is 5.91 Å². The Kier molecular flexibility index (Phi) is 5.68. The number of carbonyl (C=O) groups excluding carboxylic acids is 1. The molecule has 150 valence electrons. The van der Waals surface area contributed by atoms with E-state index >= 15 is 0 Å². The van der Waals surface area contributed by atoms with Gasteiger partial charge in [-0.25, -0.2) is 4.98 Å². The van der Waals surface area contributed by atoms with Crippen LogP contribution in [0.1, 0.15) is 58.9 Å². The van der Waals surface area contributed by atoms with E-state index in [0.717, 1.165) is 30.7 Å². The van der Waals surface area contributed by atoms with Crippen molar-refractivity contribution in [2.75, 3.05) is 0 Å². The summed E-state index contributed by atoms with van der Waals surface area (Å²) in [6.07, 6.45) is -1.23. The fraction of sp³-hybridized carbons (Fsp3) is 0.400. The molecule has 1 aromatic carbocycles. The highest BCUT2D eigenvalue weighted by molar-refractivity contribution is 6.34. The molecule has 0 radical (unpaired) electrons. The van der Waals surface area contributed by atoms with Crippen LogP contribution in [-0.2, 0) is 6.18 Å². The van der Waals surface area contributed by atoms with Crippen molar-refractivity contribution in [3.63, 3.8) is 0 Å². The van der Waals surface area contributed by atoms with Gasteiger partial charge in [-0.2, -0.15) is 13.2 Å². The summed E-state index contributed by atoms with van der Waals surface area (Å²) in [5.41, 5.74) is -1.14. The first-order chi connectivity index (χ1) is 13.1. The van der Waals surface area contributed by atoms with E-state index in [-0.39, 0.29) is 0 Å². The van der Waals surface area contributed by atoms with Gasteiger partial charge in [-0.15, -0.1) is 0 Å². The highest BCUT2D eigenvalue weighted by Gasteiger charge is 2.42. The Labute approximate surface area is 165 Å². The summed E-state index contributed by atoms with van der Waals surface area (Å²) in [4.78, 5) is 16.5. The number of pyridine rings is 1. The largest absolute Gasteiger partial charge is 0.417 e. The van der Waals surface area contributed by atoms with Gasteiger partial charge in [0.1, 0.15) is 5.69 Å². The molecule has 1 aromatic heterocycles. The summed E-state index contributed by atoms with van der Waals surface area (Å²) >= 11 is 5.83. The van der Waals surface area contributed by atoms with Crippen molar-refractivity contribution in [3.8, 4) is 0 Å². The number of carbonyl (C=O) groups is 1. The minimum absolute atomic E-state index is 0.482. The molecule has 1 amide bonds. The van der Waals surface area contributed by atoms with E-state index in [0.29, 0.717) is 18.4 Å². The number of hydrogen-bond acceptors (Lipinski definition) is 3. The molecular weight excluding hydrogens is 393 g/mol. The Balaban J connectivity index is 1.95. The number of alkyl halides is 3. The summed E-state index contributed by atoms with van der Waals surface area (Å²) < 4.78 is 39.2. The topological polar surface area (TPSA) is 62.2 Å². The molecule has 4 nitrogen and oxygen atoms in total. The lowest BCUT2D eigenvalue weighted by atomic mass is 9.86. The second kappa shape index (κ2) is 7.72. The van der Waals surface area contributed by atoms with Crippen LogP contribution in [0.2, 0.25) is 5.02 Å². The fourth-order valence-electron chi connectivity index (χ4n) is 3.58. The highest BCUT2D eigenvalue weighted by atomic mass is 35.5. The maximum absolute atomic E-state index is 13.1. The number of aryl methyl sites for hydroxylation is 1. The summed E-state index contributed by atoms with van der Waals surface area (Å²) in [6.45, 7) is 1.91. The minimum atomic E-state index is -4.70. The van der Waals surface area contributed by atoms with Crippen LogP contribution in [0.5, 0.6) is 0 Å². The third kappa shape index (κ3) is 4.15. The molecule has 0 bridgehead atoms. The second-order valence-electron chi connectivity index (χ2n) is 7.15. The third-order valence-electron chi connectivity index (χ3n) is 5.10. The first-order valence-electron chi connectivity index (χ1n) is 8.93. The van der Waals surface area contributed by atoms with E-state index in [9.17, 15) is 23.1 Å². The maximum atomic E-state index is 13.1. The van der Waals surface area contributed by atoms with Crippen molar-refractivity contribution < 1.29 is 23.1 Å². The van der Waals surface area contributed by atoms with Crippen LogP contribution in [0.25, 0.3) is 0 Å². The van der Waals surface area contributed by atoms with Crippen LogP contribution in [0.4, 0.5) is 13.2 Å². The first kappa shape index (κ1) is 20.6. The minimum Gasteiger partial charge on any atom is -0.387 e. The standard InChI is InChI=1S/C20H20ClF3N2O2/c1-12-4-6-13(7-5-12)17(19(28)9-2-3-10-19)26-18(27)16-15(21)14(8-11-25-16)20(22,23)24/h4-8,11,17,28H,2-3,9-10H2,1H3,(H,26,27). The smallest absolute Gasteiger partial charge is 0.387 e. The van der Waals surface area contributed by atoms with Crippen molar-refractivity contribution in [3.05, 3.63) is 63.9 Å². The number of nitrogens with zero attached hydrogens (tertiary/aromatic N) is 1. The molecule has 0 spiro atoms. The number of halogens is 4. The monoisotopic (exact) mass is 412 g/mol. The lowest BCUT2D eigenvalue weighted by molar-refractivity contribution is -0.137. The molecule has 1 fully saturated rings. The number of aliphatic hydroxyl groups is 1. The quantitative estimate of drug-likeness (QED) is 0.755. The number of hydrogen-bond donors (Lipinski definition) is 2. The predicted molar refractivity (Wildman–Crippen MR) is 99.1 cm³/mol. The van der Waals surface area contributed by atoms with Crippen molar-refractivity contribution in [1.29, 1.82) is 0 Å². The summed E-state index contributed by atoms with van der Waals surface area (Å²) in [6, 6.07) is 7.22. The SMILES string of the molecule is Cc1ccc(C(NC(=O)c2nccc(C(F)(F)F)c2Cl)C2(O)CCCC2)cc1. The van der Waals surface area contributed by atoms with Gasteiger partial charge in [-0.3, -0.25) is 4.79 Å². The van der Waals surface area contributed by atoms with E-state index in [2.05, 4.69) is 10.3 Å². The molecule has 1 saturated carbocycles. The van der Waals surface area contributed by atoms with Crippen molar-refractivity contribution in [2.45, 2.75) is 50.4 Å². The maximum Gasteiger partial charge on any atom is 0.417 e. The van der Waals surface area contributed by atoms with Crippen molar-refractivity contribution in [2.24, 2.45) is 0 Å². The molecule has 8 heteroatoms. The normalized spacial score (nSPS) is 17.4. The van der Waals surface area contributed by atoms with Crippen molar-refractivity contribution in [1.82, 2.24) is 10.3 Å². The third-order valence-corrected chi connectivity index (χ3v) is 5.49. The summed E-state index contributed by atoms with van der Waals surface area (Å²) in [5.74, 6) is -0.859. The zero-order valence-corrected chi connectivity index (χ0v) is 15.9. The lowest BCUT2D eigenvalue weighted by Crippen LogP contribution is -2.44. The number of rotatable bonds is 4. The molecule has 2 N–H and O–H groups in total. The number of amides is 1. The number of benzene rings is 1. The lowest BCUT2D eigenvalue weighted by Gasteiger charge is -2.34. The van der Waals surface area contributed by atoms with Gasteiger partial charge in [0.15, 0.2) is 0 Å². The Hall–Kier alpha value is -2.12. The van der Waals surface area contributed by atoms with Gasteiger partial charge in [0.05, 0.1) is 22.2 Å². The number of nitrogens with one attached hydrogen (secondary N) is 1. The molecule has 1 atom stereocenters. The Morgan fingerprint density at radius 1 is 1.21 bits per heavy atom. The fourth-order valence-corrected chi connectivity index (χ4v) is 3.89. The molecule has 28 heavy (non-hydrogen) atoms. The van der Waals surface area contributed by atoms with Gasteiger partial charge in [0, 0.05) is 6.20 Å². The zero-order valence-electron chi connectivity index (χ0n) is 15.2. The van der Waals surface area contributed by atoms with Crippen LogP contribution in [0.3, 0.4) is 0 Å². The van der Waals surface area contributed by atoms with E-state index < -0.39 is 40.0 Å². The molecule has 2 aromatic rings. The van der Waals surface area contributed by atoms with Gasteiger partial charge in [0.2, 0.25) is 0 Å². The van der Waals surface area contributed by atoms with E-state index in [1.807, 2.05) is 19.1 Å². The van der Waals surface area contributed by atoms with Crippen LogP contribution < -0.4 is 5.32 Å². The van der Waals surface area contributed by atoms with Gasteiger partial charge in [-0.1, -0.05) is 54.3 Å². The van der Waals surface area contributed by atoms with Crippen LogP contribution in [0, 0.1) is 6.92 Å².